The van der Waals surface area contributed by atoms with E-state index in [4.69, 9.17) is 0 Å². The van der Waals surface area contributed by atoms with Gasteiger partial charge in [-0.05, 0) is 75.5 Å². The number of carbonyl (C=O) groups excluding carboxylic acids is 1. The van der Waals surface area contributed by atoms with E-state index < -0.39 is 0 Å². The molecule has 1 amide bonds. The van der Waals surface area contributed by atoms with Gasteiger partial charge in [0.05, 0.1) is 4.88 Å². The number of aromatic nitrogens is 1. The van der Waals surface area contributed by atoms with Gasteiger partial charge in [0.1, 0.15) is 0 Å². The Labute approximate surface area is 146 Å². The number of hydrogen-bond donors (Lipinski definition) is 1. The molecule has 126 valence electrons. The van der Waals surface area contributed by atoms with E-state index >= 15 is 0 Å². The largest absolute Gasteiger partial charge is 0.347 e. The molecular weight excluding hydrogens is 318 g/mol. The highest BCUT2D eigenvalue weighted by molar-refractivity contribution is 7.17. The summed E-state index contributed by atoms with van der Waals surface area (Å²) in [7, 11) is 0. The Kier molecular flexibility index (Phi) is 4.14. The highest BCUT2D eigenvalue weighted by Gasteiger charge is 2.40. The zero-order valence-electron chi connectivity index (χ0n) is 14.2. The molecule has 0 saturated carbocycles. The van der Waals surface area contributed by atoms with Crippen LogP contribution in [0.4, 0.5) is 0 Å². The summed E-state index contributed by atoms with van der Waals surface area (Å²) in [6.45, 7) is 6.60. The van der Waals surface area contributed by atoms with Gasteiger partial charge < -0.3 is 5.32 Å². The third-order valence-electron chi connectivity index (χ3n) is 5.49. The SMILES string of the molecule is Cc1cc(-c2ccc(C(=O)NC3C4CCN(CC4)C3C)s2)ccn1. The smallest absolute Gasteiger partial charge is 0.261 e. The molecule has 2 unspecified atom stereocenters. The van der Waals surface area contributed by atoms with Crippen LogP contribution in [0.5, 0.6) is 0 Å². The molecule has 3 aliphatic heterocycles. The second-order valence-electron chi connectivity index (χ2n) is 6.96. The van der Waals surface area contributed by atoms with Gasteiger partial charge in [0, 0.05) is 28.9 Å². The van der Waals surface area contributed by atoms with Gasteiger partial charge in [0.2, 0.25) is 0 Å². The molecule has 2 atom stereocenters. The molecule has 3 fully saturated rings. The van der Waals surface area contributed by atoms with Gasteiger partial charge >= 0.3 is 0 Å². The van der Waals surface area contributed by atoms with Crippen LogP contribution >= 0.6 is 11.3 Å². The molecule has 2 aromatic rings. The lowest BCUT2D eigenvalue weighted by Gasteiger charge is -2.49. The number of hydrogen-bond acceptors (Lipinski definition) is 4. The van der Waals surface area contributed by atoms with Crippen LogP contribution in [0.15, 0.2) is 30.5 Å². The van der Waals surface area contributed by atoms with Crippen LogP contribution in [0.1, 0.15) is 35.1 Å². The fourth-order valence-electron chi connectivity index (χ4n) is 4.08. The summed E-state index contributed by atoms with van der Waals surface area (Å²) >= 11 is 1.56. The van der Waals surface area contributed by atoms with Crippen molar-refractivity contribution in [3.63, 3.8) is 0 Å². The number of rotatable bonds is 3. The van der Waals surface area contributed by atoms with Crippen LogP contribution in [-0.4, -0.2) is 41.0 Å². The fourth-order valence-corrected chi connectivity index (χ4v) is 4.99. The van der Waals surface area contributed by atoms with Crippen molar-refractivity contribution >= 4 is 17.2 Å². The Bertz CT molecular complexity index is 747. The van der Waals surface area contributed by atoms with Crippen molar-refractivity contribution in [3.05, 3.63) is 41.0 Å². The van der Waals surface area contributed by atoms with Crippen LogP contribution in [-0.2, 0) is 0 Å². The summed E-state index contributed by atoms with van der Waals surface area (Å²) in [4.78, 5) is 21.4. The number of nitrogens with zero attached hydrogens (tertiary/aromatic N) is 2. The number of nitrogens with one attached hydrogen (secondary N) is 1. The summed E-state index contributed by atoms with van der Waals surface area (Å²) in [6, 6.07) is 8.77. The highest BCUT2D eigenvalue weighted by atomic mass is 32.1. The lowest BCUT2D eigenvalue weighted by Crippen LogP contribution is -2.62. The summed E-state index contributed by atoms with van der Waals surface area (Å²) in [5.74, 6) is 0.707. The maximum absolute atomic E-state index is 12.7. The quantitative estimate of drug-likeness (QED) is 0.931. The van der Waals surface area contributed by atoms with E-state index in [1.807, 2.05) is 31.3 Å². The van der Waals surface area contributed by atoms with Gasteiger partial charge in [0.25, 0.3) is 5.91 Å². The van der Waals surface area contributed by atoms with Gasteiger partial charge in [-0.25, -0.2) is 0 Å². The zero-order chi connectivity index (χ0) is 16.7. The monoisotopic (exact) mass is 341 g/mol. The van der Waals surface area contributed by atoms with Gasteiger partial charge in [-0.2, -0.15) is 0 Å². The molecule has 3 aliphatic rings. The molecule has 0 radical (unpaired) electrons. The van der Waals surface area contributed by atoms with Crippen molar-refractivity contribution in [1.82, 2.24) is 15.2 Å². The van der Waals surface area contributed by atoms with E-state index in [-0.39, 0.29) is 11.9 Å². The van der Waals surface area contributed by atoms with E-state index in [1.165, 1.54) is 25.9 Å². The number of pyridine rings is 1. The number of aryl methyl sites for hydroxylation is 1. The number of piperidine rings is 3. The van der Waals surface area contributed by atoms with Gasteiger partial charge in [-0.15, -0.1) is 11.3 Å². The first-order valence-corrected chi connectivity index (χ1v) is 9.51. The lowest BCUT2D eigenvalue weighted by molar-refractivity contribution is 0.0218. The first-order valence-electron chi connectivity index (χ1n) is 8.69. The van der Waals surface area contributed by atoms with Crippen molar-refractivity contribution < 1.29 is 4.79 Å². The first-order chi connectivity index (χ1) is 11.6. The molecule has 4 nitrogen and oxygen atoms in total. The molecule has 2 bridgehead atoms. The number of carbonyl (C=O) groups is 1. The van der Waals surface area contributed by atoms with E-state index in [0.29, 0.717) is 12.0 Å². The Balaban J connectivity index is 1.49. The molecular formula is C19H23N3OS. The van der Waals surface area contributed by atoms with E-state index in [9.17, 15) is 4.79 Å². The van der Waals surface area contributed by atoms with Crippen molar-refractivity contribution in [2.45, 2.75) is 38.8 Å². The third kappa shape index (κ3) is 2.87. The van der Waals surface area contributed by atoms with Gasteiger partial charge in [0.15, 0.2) is 0 Å². The fraction of sp³-hybridized carbons (Fsp3) is 0.474. The average molecular weight is 341 g/mol. The minimum absolute atomic E-state index is 0.0719. The van der Waals surface area contributed by atoms with Crippen LogP contribution in [0, 0.1) is 12.8 Å². The summed E-state index contributed by atoms with van der Waals surface area (Å²) in [5, 5.41) is 3.31. The van der Waals surface area contributed by atoms with Crippen LogP contribution in [0.3, 0.4) is 0 Å². The van der Waals surface area contributed by atoms with E-state index in [2.05, 4.69) is 28.2 Å². The Morgan fingerprint density at radius 3 is 2.79 bits per heavy atom. The molecule has 5 heterocycles. The molecule has 0 aromatic carbocycles. The minimum Gasteiger partial charge on any atom is -0.347 e. The lowest BCUT2D eigenvalue weighted by atomic mass is 9.79. The van der Waals surface area contributed by atoms with Crippen LogP contribution in [0.25, 0.3) is 10.4 Å². The normalized spacial score (nSPS) is 28.8. The molecule has 2 aromatic heterocycles. The van der Waals surface area contributed by atoms with Crippen molar-refractivity contribution in [2.75, 3.05) is 13.1 Å². The summed E-state index contributed by atoms with van der Waals surface area (Å²) in [6.07, 6.45) is 4.24. The number of amides is 1. The van der Waals surface area contributed by atoms with E-state index in [0.717, 1.165) is 21.0 Å². The summed E-state index contributed by atoms with van der Waals surface area (Å²) in [5.41, 5.74) is 2.12. The molecule has 1 N–H and O–H groups in total. The van der Waals surface area contributed by atoms with Gasteiger partial charge in [-0.3, -0.25) is 14.7 Å². The number of fused-ring (bicyclic) bond motifs is 3. The van der Waals surface area contributed by atoms with Crippen molar-refractivity contribution in [2.24, 2.45) is 5.92 Å². The number of thiophene rings is 1. The van der Waals surface area contributed by atoms with Crippen LogP contribution < -0.4 is 5.32 Å². The second-order valence-corrected chi connectivity index (χ2v) is 8.05. The van der Waals surface area contributed by atoms with E-state index in [1.54, 1.807) is 11.3 Å². The topological polar surface area (TPSA) is 45.2 Å². The molecule has 0 aliphatic carbocycles. The highest BCUT2D eigenvalue weighted by Crippen LogP contribution is 2.33. The van der Waals surface area contributed by atoms with Gasteiger partial charge in [-0.1, -0.05) is 0 Å². The average Bonchev–Trinajstić information content (AvgIpc) is 3.09. The molecule has 0 spiro atoms. The minimum atomic E-state index is 0.0719. The Morgan fingerprint density at radius 1 is 1.29 bits per heavy atom. The first kappa shape index (κ1) is 15.8. The van der Waals surface area contributed by atoms with Crippen LogP contribution in [0.2, 0.25) is 0 Å². The third-order valence-corrected chi connectivity index (χ3v) is 6.62. The molecule has 3 saturated heterocycles. The standard InChI is InChI=1S/C19H23N3OS/c1-12-11-15(5-8-20-12)16-3-4-17(24-16)19(23)21-18-13(2)22-9-6-14(18)7-10-22/h3-5,8,11,13-14,18H,6-7,9-10H2,1-2H3,(H,21,23). The molecule has 5 rings (SSSR count). The Hall–Kier alpha value is -1.72. The predicted octanol–water partition coefficient (Wildman–Crippen LogP) is 3.33. The second kappa shape index (κ2) is 6.30. The zero-order valence-corrected chi connectivity index (χ0v) is 15.0. The maximum atomic E-state index is 12.7. The Morgan fingerprint density at radius 2 is 2.08 bits per heavy atom. The molecule has 24 heavy (non-hydrogen) atoms. The predicted molar refractivity (Wildman–Crippen MR) is 97.3 cm³/mol. The molecule has 5 heteroatoms. The van der Waals surface area contributed by atoms with Crippen molar-refractivity contribution in [1.29, 1.82) is 0 Å². The maximum Gasteiger partial charge on any atom is 0.261 e. The van der Waals surface area contributed by atoms with Crippen molar-refractivity contribution in [3.8, 4) is 10.4 Å². The summed E-state index contributed by atoms with van der Waals surface area (Å²) < 4.78 is 0.